The lowest BCUT2D eigenvalue weighted by atomic mass is 9.93. The van der Waals surface area contributed by atoms with Crippen molar-refractivity contribution in [3.05, 3.63) is 50.9 Å². The lowest BCUT2D eigenvalue weighted by molar-refractivity contribution is 0.296. The van der Waals surface area contributed by atoms with Crippen LogP contribution < -0.4 is 5.32 Å². The van der Waals surface area contributed by atoms with E-state index in [1.165, 1.54) is 0 Å². The monoisotopic (exact) mass is 412 g/mol. The molecule has 1 atom stereocenters. The van der Waals surface area contributed by atoms with E-state index in [1.807, 2.05) is 23.9 Å². The van der Waals surface area contributed by atoms with E-state index >= 15 is 0 Å². The third kappa shape index (κ3) is 4.62. The van der Waals surface area contributed by atoms with Crippen LogP contribution in [0, 0.1) is 0 Å². The summed E-state index contributed by atoms with van der Waals surface area (Å²) >= 11 is 18.6. The van der Waals surface area contributed by atoms with Gasteiger partial charge in [-0.2, -0.15) is 0 Å². The van der Waals surface area contributed by atoms with Gasteiger partial charge in [-0.05, 0) is 50.6 Å². The van der Waals surface area contributed by atoms with Crippen LogP contribution in [-0.4, -0.2) is 40.5 Å². The van der Waals surface area contributed by atoms with Crippen LogP contribution in [0.25, 0.3) is 0 Å². The van der Waals surface area contributed by atoms with Crippen molar-refractivity contribution in [2.24, 2.45) is 0 Å². The van der Waals surface area contributed by atoms with Gasteiger partial charge in [0.05, 0.1) is 12.2 Å². The fraction of sp³-hybridized carbons (Fsp3) is 0.412. The Bertz CT molecular complexity index is 772. The second-order valence-electron chi connectivity index (χ2n) is 6.49. The van der Waals surface area contributed by atoms with Crippen molar-refractivity contribution in [1.82, 2.24) is 14.8 Å². The van der Waals surface area contributed by atoms with Crippen LogP contribution in [0.4, 0.5) is 5.82 Å². The van der Waals surface area contributed by atoms with E-state index < -0.39 is 0 Å². The van der Waals surface area contributed by atoms with Gasteiger partial charge in [0.1, 0.15) is 16.7 Å². The summed E-state index contributed by atoms with van der Waals surface area (Å²) in [5, 5.41) is 14.2. The first-order valence-corrected chi connectivity index (χ1v) is 9.68. The van der Waals surface area contributed by atoms with Gasteiger partial charge in [-0.15, -0.1) is 0 Å². The third-order valence-corrected chi connectivity index (χ3v) is 5.54. The Morgan fingerprint density at radius 3 is 2.62 bits per heavy atom. The molecule has 2 aromatic rings. The molecule has 1 aliphatic rings. The summed E-state index contributed by atoms with van der Waals surface area (Å²) in [4.78, 5) is 11.1. The van der Waals surface area contributed by atoms with Crippen LogP contribution >= 0.6 is 34.8 Å². The molecular formula is C17H20BCl3N4O. The molecule has 0 amide bonds. The molecule has 9 heteroatoms. The minimum absolute atomic E-state index is 0.0868. The first-order chi connectivity index (χ1) is 12.5. The molecule has 5 nitrogen and oxygen atoms in total. The number of benzene rings is 1. The highest BCUT2D eigenvalue weighted by Crippen LogP contribution is 2.32. The second kappa shape index (κ2) is 8.76. The molecule has 1 aliphatic heterocycles. The summed E-state index contributed by atoms with van der Waals surface area (Å²) in [6, 6.07) is 5.33. The number of aromatic nitrogens is 2. The number of rotatable bonds is 5. The lowest BCUT2D eigenvalue weighted by Crippen LogP contribution is -2.36. The van der Waals surface area contributed by atoms with E-state index in [2.05, 4.69) is 15.3 Å². The predicted octanol–water partition coefficient (Wildman–Crippen LogP) is 4.05. The van der Waals surface area contributed by atoms with Crippen LogP contribution in [0.3, 0.4) is 0 Å². The largest absolute Gasteiger partial charge is 0.440 e. The summed E-state index contributed by atoms with van der Waals surface area (Å²) in [5.41, 5.74) is 0.920. The number of piperidine rings is 1. The van der Waals surface area contributed by atoms with Crippen LogP contribution in [0.5, 0.6) is 0 Å². The van der Waals surface area contributed by atoms with Gasteiger partial charge in [-0.25, -0.2) is 9.97 Å². The molecule has 2 heterocycles. The molecule has 1 aromatic carbocycles. The van der Waals surface area contributed by atoms with E-state index in [0.29, 0.717) is 20.9 Å². The van der Waals surface area contributed by atoms with Crippen molar-refractivity contribution in [2.75, 3.05) is 18.4 Å². The Morgan fingerprint density at radius 2 is 1.96 bits per heavy atom. The normalized spacial score (nSPS) is 17.1. The SMILES string of the molecule is CC(Nc1nc(C2CCN(BO)CC2)ncc1Cl)c1ccc(Cl)cc1Cl. The van der Waals surface area contributed by atoms with Gasteiger partial charge < -0.3 is 15.2 Å². The summed E-state index contributed by atoms with van der Waals surface area (Å²) in [5.74, 6) is 1.65. The van der Waals surface area contributed by atoms with Crippen molar-refractivity contribution in [3.8, 4) is 0 Å². The number of nitrogens with one attached hydrogen (secondary N) is 1. The fourth-order valence-corrected chi connectivity index (χ4v) is 3.86. The van der Waals surface area contributed by atoms with E-state index in [9.17, 15) is 5.02 Å². The van der Waals surface area contributed by atoms with Gasteiger partial charge in [-0.3, -0.25) is 0 Å². The zero-order valence-corrected chi connectivity index (χ0v) is 16.7. The molecule has 0 aliphatic carbocycles. The average Bonchev–Trinajstić information content (AvgIpc) is 2.63. The van der Waals surface area contributed by atoms with E-state index in [1.54, 1.807) is 12.3 Å². The highest BCUT2D eigenvalue weighted by Gasteiger charge is 2.23. The smallest absolute Gasteiger partial charge is 0.360 e. The quantitative estimate of drug-likeness (QED) is 0.724. The number of anilines is 1. The van der Waals surface area contributed by atoms with Gasteiger partial charge in [0.2, 0.25) is 0 Å². The van der Waals surface area contributed by atoms with Crippen molar-refractivity contribution < 1.29 is 5.02 Å². The van der Waals surface area contributed by atoms with Gasteiger partial charge in [0.15, 0.2) is 0 Å². The molecule has 2 N–H and O–H groups in total. The first kappa shape index (κ1) is 19.7. The van der Waals surface area contributed by atoms with Crippen molar-refractivity contribution in [1.29, 1.82) is 0 Å². The minimum Gasteiger partial charge on any atom is -0.440 e. The number of halogens is 3. The van der Waals surface area contributed by atoms with E-state index in [-0.39, 0.29) is 19.6 Å². The molecule has 0 saturated carbocycles. The molecule has 0 bridgehead atoms. The maximum Gasteiger partial charge on any atom is 0.360 e. The molecular weight excluding hydrogens is 393 g/mol. The molecule has 1 fully saturated rings. The molecule has 1 saturated heterocycles. The third-order valence-electron chi connectivity index (χ3n) is 4.70. The van der Waals surface area contributed by atoms with Crippen molar-refractivity contribution >= 4 is 48.2 Å². The van der Waals surface area contributed by atoms with Crippen molar-refractivity contribution in [3.63, 3.8) is 0 Å². The van der Waals surface area contributed by atoms with E-state index in [0.717, 1.165) is 37.3 Å². The fourth-order valence-electron chi connectivity index (χ4n) is 3.15. The highest BCUT2D eigenvalue weighted by molar-refractivity contribution is 6.35. The Kier molecular flexibility index (Phi) is 6.64. The summed E-state index contributed by atoms with van der Waals surface area (Å²) in [6.07, 6.45) is 3.47. The molecule has 26 heavy (non-hydrogen) atoms. The van der Waals surface area contributed by atoms with Gasteiger partial charge in [-0.1, -0.05) is 40.9 Å². The Labute approximate surface area is 169 Å². The summed E-state index contributed by atoms with van der Waals surface area (Å²) in [6.45, 7) is 3.67. The van der Waals surface area contributed by atoms with Crippen molar-refractivity contribution in [2.45, 2.75) is 31.7 Å². The summed E-state index contributed by atoms with van der Waals surface area (Å²) < 4.78 is 0. The topological polar surface area (TPSA) is 61.3 Å². The molecule has 138 valence electrons. The van der Waals surface area contributed by atoms with Gasteiger partial charge in [0, 0.05) is 16.0 Å². The highest BCUT2D eigenvalue weighted by atomic mass is 35.5. The molecule has 1 aromatic heterocycles. The lowest BCUT2D eigenvalue weighted by Gasteiger charge is -2.29. The first-order valence-electron chi connectivity index (χ1n) is 8.55. The Balaban J connectivity index is 1.75. The maximum absolute atomic E-state index is 9.22. The second-order valence-corrected chi connectivity index (χ2v) is 7.74. The van der Waals surface area contributed by atoms with Crippen LogP contribution in [0.2, 0.25) is 15.1 Å². The zero-order chi connectivity index (χ0) is 18.7. The Hall–Kier alpha value is -1.05. The van der Waals surface area contributed by atoms with Crippen LogP contribution in [0.15, 0.2) is 24.4 Å². The predicted molar refractivity (Wildman–Crippen MR) is 108 cm³/mol. The standard InChI is InChI=1S/C17H20BCl3N4O/c1-10(13-3-2-12(19)8-14(13)20)23-17-15(21)9-22-16(24-17)11-4-6-25(18-26)7-5-11/h2-3,8-11,18,26H,4-7H2,1H3,(H,22,23,24). The molecule has 1 unspecified atom stereocenters. The number of hydrogen-bond acceptors (Lipinski definition) is 5. The summed E-state index contributed by atoms with van der Waals surface area (Å²) in [7, 11) is 0.0976. The minimum atomic E-state index is -0.0868. The van der Waals surface area contributed by atoms with Gasteiger partial charge in [0.25, 0.3) is 0 Å². The Morgan fingerprint density at radius 1 is 1.23 bits per heavy atom. The van der Waals surface area contributed by atoms with E-state index in [4.69, 9.17) is 34.8 Å². The molecule has 0 radical (unpaired) electrons. The zero-order valence-electron chi connectivity index (χ0n) is 14.4. The molecule has 0 spiro atoms. The number of nitrogens with zero attached hydrogens (tertiary/aromatic N) is 3. The maximum atomic E-state index is 9.22. The van der Waals surface area contributed by atoms with Gasteiger partial charge >= 0.3 is 7.62 Å². The van der Waals surface area contributed by atoms with Crippen LogP contribution in [-0.2, 0) is 0 Å². The number of hydrogen-bond donors (Lipinski definition) is 2. The molecule has 3 rings (SSSR count). The average molecular weight is 414 g/mol. The van der Waals surface area contributed by atoms with Crippen LogP contribution in [0.1, 0.15) is 43.1 Å².